The van der Waals surface area contributed by atoms with Crippen LogP contribution in [0.3, 0.4) is 0 Å². The summed E-state index contributed by atoms with van der Waals surface area (Å²) in [7, 11) is 0. The zero-order valence-electron chi connectivity index (χ0n) is 26.4. The Bertz CT molecular complexity index is 668. The Morgan fingerprint density at radius 3 is 2.19 bits per heavy atom. The van der Waals surface area contributed by atoms with E-state index in [4.69, 9.17) is 0 Å². The second-order valence-corrected chi connectivity index (χ2v) is 13.7. The third kappa shape index (κ3) is 8.50. The summed E-state index contributed by atoms with van der Waals surface area (Å²) in [5, 5.41) is 0. The van der Waals surface area contributed by atoms with Gasteiger partial charge in [-0.05, 0) is 117 Å². The van der Waals surface area contributed by atoms with E-state index in [0.29, 0.717) is 0 Å². The first-order valence-corrected chi connectivity index (χ1v) is 16.6. The van der Waals surface area contributed by atoms with Gasteiger partial charge in [-0.25, -0.2) is 0 Å². The quantitative estimate of drug-likeness (QED) is 0.138. The summed E-state index contributed by atoms with van der Waals surface area (Å²) in [5.41, 5.74) is 3.67. The number of hydrogen-bond donors (Lipinski definition) is 0. The van der Waals surface area contributed by atoms with Crippen molar-refractivity contribution >= 4 is 0 Å². The van der Waals surface area contributed by atoms with E-state index in [-0.39, 0.29) is 0 Å². The van der Waals surface area contributed by atoms with E-state index in [2.05, 4.69) is 81.4 Å². The Morgan fingerprint density at radius 1 is 0.917 bits per heavy atom. The van der Waals surface area contributed by atoms with Gasteiger partial charge < -0.3 is 0 Å². The van der Waals surface area contributed by atoms with Gasteiger partial charge in [0.05, 0.1) is 0 Å². The van der Waals surface area contributed by atoms with Crippen LogP contribution in [0.25, 0.3) is 0 Å². The molecule has 0 spiro atoms. The fourth-order valence-corrected chi connectivity index (χ4v) is 8.40. The maximum atomic E-state index is 2.68. The van der Waals surface area contributed by atoms with Crippen LogP contribution in [0.1, 0.15) is 146 Å². The molecule has 0 aromatic heterocycles. The van der Waals surface area contributed by atoms with Crippen LogP contribution in [-0.2, 0) is 0 Å². The number of hydrogen-bond acceptors (Lipinski definition) is 0. The Labute approximate surface area is 228 Å². The summed E-state index contributed by atoms with van der Waals surface area (Å²) in [6.45, 7) is 24.9. The fourth-order valence-electron chi connectivity index (χ4n) is 8.40. The molecular formula is C36H66. The summed E-state index contributed by atoms with van der Waals surface area (Å²) in [5.74, 6) is 8.85. The molecule has 0 aromatic carbocycles. The van der Waals surface area contributed by atoms with Crippen molar-refractivity contribution < 1.29 is 0 Å². The van der Waals surface area contributed by atoms with E-state index in [9.17, 15) is 0 Å². The largest absolute Gasteiger partial charge is 0.0885 e. The van der Waals surface area contributed by atoms with Gasteiger partial charge in [-0.15, -0.1) is 0 Å². The number of rotatable bonds is 17. The van der Waals surface area contributed by atoms with Crippen molar-refractivity contribution in [1.29, 1.82) is 0 Å². The molecule has 0 bridgehead atoms. The van der Waals surface area contributed by atoms with Gasteiger partial charge in [0.15, 0.2) is 0 Å². The van der Waals surface area contributed by atoms with Gasteiger partial charge >= 0.3 is 0 Å². The Hall–Kier alpha value is -0.520. The van der Waals surface area contributed by atoms with E-state index >= 15 is 0 Å². The van der Waals surface area contributed by atoms with Gasteiger partial charge in [0, 0.05) is 0 Å². The summed E-state index contributed by atoms with van der Waals surface area (Å²) >= 11 is 0. The van der Waals surface area contributed by atoms with Crippen LogP contribution in [0.4, 0.5) is 0 Å². The molecule has 0 heteroatoms. The van der Waals surface area contributed by atoms with Crippen LogP contribution >= 0.6 is 0 Å². The van der Waals surface area contributed by atoms with Crippen LogP contribution < -0.4 is 0 Å². The zero-order chi connectivity index (χ0) is 26.8. The highest BCUT2D eigenvalue weighted by atomic mass is 14.6. The average molecular weight is 499 g/mol. The fraction of sp³-hybridized carbons (Fsp3) is 0.889. The molecule has 2 aliphatic carbocycles. The van der Waals surface area contributed by atoms with E-state index in [1.165, 1.54) is 77.0 Å². The number of unbranched alkanes of at least 4 members (excludes halogenated alkanes) is 2. The molecule has 0 amide bonds. The van der Waals surface area contributed by atoms with Gasteiger partial charge in [0.25, 0.3) is 0 Å². The maximum Gasteiger partial charge on any atom is -0.0169 e. The lowest BCUT2D eigenvalue weighted by atomic mass is 9.69. The Morgan fingerprint density at radius 2 is 1.58 bits per heavy atom. The molecule has 0 aliphatic heterocycles. The SMILES string of the molecule is CCCC=CCCCC(C(C)C1CC1CC(C)CC)C1C(C)C(=C(C)CC(C)CC)C(CCC)C1C. The van der Waals surface area contributed by atoms with Crippen LogP contribution in [0.15, 0.2) is 23.3 Å². The summed E-state index contributed by atoms with van der Waals surface area (Å²) in [6, 6.07) is 0. The normalized spacial score (nSPS) is 33.1. The van der Waals surface area contributed by atoms with E-state index < -0.39 is 0 Å². The minimum atomic E-state index is 0.774. The molecule has 210 valence electrons. The molecule has 10 unspecified atom stereocenters. The topological polar surface area (TPSA) is 0 Å². The number of allylic oxidation sites excluding steroid dienone is 4. The third-order valence-electron chi connectivity index (χ3n) is 10.9. The van der Waals surface area contributed by atoms with Gasteiger partial charge in [0.2, 0.25) is 0 Å². The molecule has 0 radical (unpaired) electrons. The highest BCUT2D eigenvalue weighted by molar-refractivity contribution is 5.26. The standard InChI is InChI=1S/C36H66/c1-11-15-16-17-18-19-21-33(28(8)34-24-31(34)23-26(6)14-4)36-29(9)32(20-12-2)35(30(36)10)27(7)22-25(5)13-3/h16-17,25-26,28-34,36H,11-15,18-24H2,1-10H3. The molecule has 2 fully saturated rings. The van der Waals surface area contributed by atoms with E-state index in [1.54, 1.807) is 5.57 Å². The first-order valence-electron chi connectivity index (χ1n) is 16.6. The van der Waals surface area contributed by atoms with Crippen LogP contribution in [0, 0.1) is 59.2 Å². The highest BCUT2D eigenvalue weighted by Gasteiger charge is 2.51. The summed E-state index contributed by atoms with van der Waals surface area (Å²) in [6.07, 6.45) is 21.2. The van der Waals surface area contributed by atoms with Gasteiger partial charge in [-0.1, -0.05) is 111 Å². The van der Waals surface area contributed by atoms with Crippen molar-refractivity contribution in [3.63, 3.8) is 0 Å². The predicted molar refractivity (Wildman–Crippen MR) is 163 cm³/mol. The van der Waals surface area contributed by atoms with Crippen molar-refractivity contribution in [2.75, 3.05) is 0 Å². The molecule has 0 nitrogen and oxygen atoms in total. The second kappa shape index (κ2) is 15.8. The molecule has 2 aliphatic rings. The van der Waals surface area contributed by atoms with Gasteiger partial charge in [-0.3, -0.25) is 0 Å². The van der Waals surface area contributed by atoms with Crippen molar-refractivity contribution in [1.82, 2.24) is 0 Å². The molecular weight excluding hydrogens is 432 g/mol. The molecule has 0 saturated heterocycles. The van der Waals surface area contributed by atoms with Crippen molar-refractivity contribution in [3.05, 3.63) is 23.3 Å². The lowest BCUT2D eigenvalue weighted by Crippen LogP contribution is -2.30. The first-order chi connectivity index (χ1) is 17.2. The van der Waals surface area contributed by atoms with Gasteiger partial charge in [0.1, 0.15) is 0 Å². The molecule has 10 atom stereocenters. The predicted octanol–water partition coefficient (Wildman–Crippen LogP) is 11.9. The van der Waals surface area contributed by atoms with Crippen LogP contribution in [0.2, 0.25) is 0 Å². The maximum absolute atomic E-state index is 2.68. The zero-order valence-corrected chi connectivity index (χ0v) is 26.4. The van der Waals surface area contributed by atoms with Crippen LogP contribution in [-0.4, -0.2) is 0 Å². The molecule has 0 heterocycles. The minimum absolute atomic E-state index is 0.774. The average Bonchev–Trinajstić information content (AvgIpc) is 3.57. The Balaban J connectivity index is 2.28. The molecule has 0 aromatic rings. The highest BCUT2D eigenvalue weighted by Crippen LogP contribution is 2.58. The van der Waals surface area contributed by atoms with Gasteiger partial charge in [-0.2, -0.15) is 0 Å². The second-order valence-electron chi connectivity index (χ2n) is 13.7. The summed E-state index contributed by atoms with van der Waals surface area (Å²) in [4.78, 5) is 0. The molecule has 36 heavy (non-hydrogen) atoms. The van der Waals surface area contributed by atoms with Crippen molar-refractivity contribution in [2.45, 2.75) is 146 Å². The third-order valence-corrected chi connectivity index (χ3v) is 10.9. The lowest BCUT2D eigenvalue weighted by molar-refractivity contribution is 0.126. The molecule has 2 rings (SSSR count). The van der Waals surface area contributed by atoms with E-state index in [0.717, 1.165) is 59.2 Å². The smallest absolute Gasteiger partial charge is 0.0169 e. The van der Waals surface area contributed by atoms with Crippen molar-refractivity contribution in [3.8, 4) is 0 Å². The monoisotopic (exact) mass is 499 g/mol. The van der Waals surface area contributed by atoms with Crippen molar-refractivity contribution in [2.24, 2.45) is 59.2 Å². The summed E-state index contributed by atoms with van der Waals surface area (Å²) < 4.78 is 0. The minimum Gasteiger partial charge on any atom is -0.0885 e. The van der Waals surface area contributed by atoms with Crippen LogP contribution in [0.5, 0.6) is 0 Å². The lowest BCUT2D eigenvalue weighted by Gasteiger charge is -2.36. The first kappa shape index (κ1) is 31.7. The molecule has 2 saturated carbocycles. The molecule has 0 N–H and O–H groups in total. The Kier molecular flexibility index (Phi) is 13.9. The van der Waals surface area contributed by atoms with E-state index in [1.807, 2.05) is 5.57 Å².